The molecule has 0 aliphatic rings. The normalized spacial score (nSPS) is 10.0. The van der Waals surface area contributed by atoms with Gasteiger partial charge in [0.05, 0.1) is 12.5 Å². The van der Waals surface area contributed by atoms with Gasteiger partial charge < -0.3 is 9.47 Å². The number of carbonyl (C=O) groups is 2. The summed E-state index contributed by atoms with van der Waals surface area (Å²) >= 11 is 0. The predicted octanol–water partition coefficient (Wildman–Crippen LogP) is 1.09. The van der Waals surface area contributed by atoms with E-state index in [-0.39, 0.29) is 0 Å². The lowest BCUT2D eigenvalue weighted by Gasteiger charge is -2.13. The number of alkyl halides is 1. The topological polar surface area (TPSA) is 52.6 Å². The monoisotopic (exact) mass is 188 g/mol. The lowest BCUT2D eigenvalue weighted by molar-refractivity contribution is -0.166. The predicted molar refractivity (Wildman–Crippen MR) is 42.1 cm³/mol. The van der Waals surface area contributed by atoms with Gasteiger partial charge in [0.25, 0.3) is 0 Å². The Labute approximate surface area is 74.6 Å². The Balaban J connectivity index is 4.53. The van der Waals surface area contributed by atoms with Crippen molar-refractivity contribution >= 4 is 11.9 Å². The molecule has 4 nitrogen and oxygen atoms in total. The second-order valence-corrected chi connectivity index (χ2v) is 2.15. The maximum Gasteiger partial charge on any atom is 0.360 e. The van der Waals surface area contributed by atoms with Crippen molar-refractivity contribution in [1.82, 2.24) is 0 Å². The summed E-state index contributed by atoms with van der Waals surface area (Å²) in [6, 6.07) is 0. The zero-order chi connectivity index (χ0) is 10.5. The fourth-order valence-corrected chi connectivity index (χ4v) is 0.456. The van der Waals surface area contributed by atoms with Crippen molar-refractivity contribution in [2.75, 3.05) is 0 Å². The molecule has 0 amide bonds. The summed E-state index contributed by atoms with van der Waals surface area (Å²) in [4.78, 5) is 21.6. The van der Waals surface area contributed by atoms with Gasteiger partial charge in [-0.3, -0.25) is 0 Å². The molecule has 0 fully saturated rings. The molecule has 0 spiro atoms. The zero-order valence-electron chi connectivity index (χ0n) is 7.08. The van der Waals surface area contributed by atoms with Crippen LogP contribution in [-0.2, 0) is 19.1 Å². The van der Waals surface area contributed by atoms with Crippen LogP contribution in [0.3, 0.4) is 0 Å². The first-order valence-electron chi connectivity index (χ1n) is 3.29. The second kappa shape index (κ2) is 4.39. The molecule has 5 heteroatoms. The summed E-state index contributed by atoms with van der Waals surface area (Å²) in [7, 11) is 0. The van der Waals surface area contributed by atoms with Gasteiger partial charge in [0.15, 0.2) is 0 Å². The standard InChI is InChI=1S/C8H9FO4/c1-4-12-6(10)8(3,9)7(11)13-5-2/h4-5H,1-2H2,3H3. The molecule has 0 saturated carbocycles. The van der Waals surface area contributed by atoms with E-state index in [9.17, 15) is 14.0 Å². The summed E-state index contributed by atoms with van der Waals surface area (Å²) in [6.07, 6.45) is 1.45. The number of rotatable bonds is 4. The summed E-state index contributed by atoms with van der Waals surface area (Å²) in [5.41, 5.74) is -2.84. The smallest absolute Gasteiger partial charge is 0.360 e. The van der Waals surface area contributed by atoms with Crippen LogP contribution < -0.4 is 0 Å². The van der Waals surface area contributed by atoms with E-state index >= 15 is 0 Å². The molecule has 0 aromatic heterocycles. The third kappa shape index (κ3) is 2.70. The summed E-state index contributed by atoms with van der Waals surface area (Å²) in [5, 5.41) is 0. The Morgan fingerprint density at radius 3 is 1.77 bits per heavy atom. The highest BCUT2D eigenvalue weighted by atomic mass is 19.1. The average molecular weight is 188 g/mol. The van der Waals surface area contributed by atoms with Crippen LogP contribution in [0.25, 0.3) is 0 Å². The van der Waals surface area contributed by atoms with E-state index in [0.29, 0.717) is 0 Å². The van der Waals surface area contributed by atoms with E-state index in [4.69, 9.17) is 0 Å². The van der Waals surface area contributed by atoms with Crippen LogP contribution in [0.15, 0.2) is 25.7 Å². The Bertz CT molecular complexity index is 221. The van der Waals surface area contributed by atoms with Gasteiger partial charge in [0, 0.05) is 0 Å². The molecule has 0 unspecified atom stereocenters. The highest BCUT2D eigenvalue weighted by Crippen LogP contribution is 2.14. The van der Waals surface area contributed by atoms with Gasteiger partial charge in [-0.15, -0.1) is 0 Å². The second-order valence-electron chi connectivity index (χ2n) is 2.15. The number of hydrogen-bond donors (Lipinski definition) is 0. The van der Waals surface area contributed by atoms with Gasteiger partial charge in [-0.2, -0.15) is 0 Å². The highest BCUT2D eigenvalue weighted by molar-refractivity contribution is 6.03. The highest BCUT2D eigenvalue weighted by Gasteiger charge is 2.44. The minimum atomic E-state index is -2.84. The lowest BCUT2D eigenvalue weighted by Crippen LogP contribution is -2.40. The van der Waals surface area contributed by atoms with E-state index in [2.05, 4.69) is 22.6 Å². The number of esters is 2. The van der Waals surface area contributed by atoms with Crippen LogP contribution in [0, 0.1) is 0 Å². The third-order valence-corrected chi connectivity index (χ3v) is 1.15. The van der Waals surface area contributed by atoms with Crippen molar-refractivity contribution in [2.24, 2.45) is 0 Å². The molecule has 13 heavy (non-hydrogen) atoms. The van der Waals surface area contributed by atoms with Crippen molar-refractivity contribution in [3.63, 3.8) is 0 Å². The first-order valence-corrected chi connectivity index (χ1v) is 3.29. The van der Waals surface area contributed by atoms with Crippen molar-refractivity contribution in [3.05, 3.63) is 25.7 Å². The Morgan fingerprint density at radius 2 is 1.54 bits per heavy atom. The molecular weight excluding hydrogens is 179 g/mol. The van der Waals surface area contributed by atoms with Crippen LogP contribution in [-0.4, -0.2) is 17.6 Å². The van der Waals surface area contributed by atoms with Crippen molar-refractivity contribution in [3.8, 4) is 0 Å². The quantitative estimate of drug-likeness (QED) is 0.376. The van der Waals surface area contributed by atoms with Gasteiger partial charge in [-0.25, -0.2) is 14.0 Å². The largest absolute Gasteiger partial charge is 0.432 e. The molecule has 0 N–H and O–H groups in total. The molecule has 72 valence electrons. The van der Waals surface area contributed by atoms with Crippen LogP contribution >= 0.6 is 0 Å². The Kier molecular flexibility index (Phi) is 3.84. The van der Waals surface area contributed by atoms with Crippen LogP contribution in [0.5, 0.6) is 0 Å². The molecule has 0 saturated heterocycles. The minimum Gasteiger partial charge on any atom is -0.432 e. The fourth-order valence-electron chi connectivity index (χ4n) is 0.456. The van der Waals surface area contributed by atoms with Gasteiger partial charge in [0.2, 0.25) is 0 Å². The van der Waals surface area contributed by atoms with E-state index in [1.54, 1.807) is 0 Å². The van der Waals surface area contributed by atoms with Gasteiger partial charge in [-0.05, 0) is 6.92 Å². The Hall–Kier alpha value is -1.65. The maximum atomic E-state index is 13.2. The van der Waals surface area contributed by atoms with E-state index < -0.39 is 17.6 Å². The molecule has 0 heterocycles. The molecule has 0 aliphatic heterocycles. The molecule has 0 atom stereocenters. The van der Waals surface area contributed by atoms with Crippen LogP contribution in [0.1, 0.15) is 6.92 Å². The van der Waals surface area contributed by atoms with Crippen LogP contribution in [0.2, 0.25) is 0 Å². The molecule has 0 aromatic carbocycles. The van der Waals surface area contributed by atoms with E-state index in [1.807, 2.05) is 0 Å². The SMILES string of the molecule is C=COC(=O)C(C)(F)C(=O)OC=C. The summed E-state index contributed by atoms with van der Waals surface area (Å²) in [6.45, 7) is 6.80. The third-order valence-electron chi connectivity index (χ3n) is 1.15. The number of carbonyl (C=O) groups excluding carboxylic acids is 2. The molecular formula is C8H9FO4. The van der Waals surface area contributed by atoms with Crippen molar-refractivity contribution in [1.29, 1.82) is 0 Å². The minimum absolute atomic E-state index is 0.724. The summed E-state index contributed by atoms with van der Waals surface area (Å²) in [5.74, 6) is -2.76. The number of hydrogen-bond acceptors (Lipinski definition) is 4. The lowest BCUT2D eigenvalue weighted by atomic mass is 10.1. The molecule has 0 aromatic rings. The first kappa shape index (κ1) is 11.4. The first-order chi connectivity index (χ1) is 5.96. The maximum absolute atomic E-state index is 13.2. The van der Waals surface area contributed by atoms with Gasteiger partial charge >= 0.3 is 17.6 Å². The van der Waals surface area contributed by atoms with Gasteiger partial charge in [-0.1, -0.05) is 13.2 Å². The summed E-state index contributed by atoms with van der Waals surface area (Å²) < 4.78 is 21.4. The number of halogens is 1. The zero-order valence-corrected chi connectivity index (χ0v) is 7.08. The van der Waals surface area contributed by atoms with Crippen LogP contribution in [0.4, 0.5) is 4.39 Å². The van der Waals surface area contributed by atoms with E-state index in [1.165, 1.54) is 0 Å². The molecule has 0 bridgehead atoms. The van der Waals surface area contributed by atoms with Gasteiger partial charge in [0.1, 0.15) is 0 Å². The Morgan fingerprint density at radius 1 is 1.23 bits per heavy atom. The van der Waals surface area contributed by atoms with E-state index in [0.717, 1.165) is 19.4 Å². The number of ether oxygens (including phenoxy) is 2. The van der Waals surface area contributed by atoms with Crippen molar-refractivity contribution in [2.45, 2.75) is 12.6 Å². The molecule has 0 aliphatic carbocycles. The molecule has 0 radical (unpaired) electrons. The van der Waals surface area contributed by atoms with Crippen molar-refractivity contribution < 1.29 is 23.5 Å². The fraction of sp³-hybridized carbons (Fsp3) is 0.250. The average Bonchev–Trinajstić information content (AvgIpc) is 2.05. The molecule has 0 rings (SSSR count).